The Balaban J connectivity index is 2.17. The average Bonchev–Trinajstić information content (AvgIpc) is 3.03. The van der Waals surface area contributed by atoms with Crippen molar-refractivity contribution in [2.75, 3.05) is 0 Å². The summed E-state index contributed by atoms with van der Waals surface area (Å²) in [4.78, 5) is 10.0. The third-order valence-corrected chi connectivity index (χ3v) is 4.34. The van der Waals surface area contributed by atoms with Crippen LogP contribution in [0.5, 0.6) is 0 Å². The Kier molecular flexibility index (Phi) is 3.66. The molecule has 0 saturated heterocycles. The second-order valence-corrected chi connectivity index (χ2v) is 6.81. The number of nitriles is 1. The maximum absolute atomic E-state index is 9.08. The van der Waals surface area contributed by atoms with E-state index in [0.29, 0.717) is 12.1 Å². The molecule has 3 rings (SSSR count). The smallest absolute Gasteiger partial charge is 0.128 e. The van der Waals surface area contributed by atoms with Crippen molar-refractivity contribution in [1.82, 2.24) is 14.5 Å². The molecule has 0 spiro atoms. The van der Waals surface area contributed by atoms with Crippen LogP contribution in [0.25, 0.3) is 11.0 Å². The maximum atomic E-state index is 9.08. The van der Waals surface area contributed by atoms with Gasteiger partial charge in [0.25, 0.3) is 0 Å². The fraction of sp³-hybridized carbons (Fsp3) is 0.267. The van der Waals surface area contributed by atoms with Gasteiger partial charge in [-0.1, -0.05) is 0 Å². The number of hydrogen-bond acceptors (Lipinski definition) is 4. The van der Waals surface area contributed by atoms with E-state index in [2.05, 4.69) is 20.6 Å². The minimum atomic E-state index is -0.197. The molecular formula is C15H13ClN4S. The standard InChI is InChI=1S/C15H13ClN4S/c1-9(16)15-19-13-4-3-11(6-17)5-14(13)20(15)8-12-7-18-10(2)21-12/h3-5,7,9H,8H2,1-2H3. The second kappa shape index (κ2) is 5.47. The lowest BCUT2D eigenvalue weighted by molar-refractivity contribution is 0.749. The molecule has 0 amide bonds. The molecule has 106 valence electrons. The van der Waals surface area contributed by atoms with Gasteiger partial charge in [0.1, 0.15) is 5.82 Å². The second-order valence-electron chi connectivity index (χ2n) is 4.83. The predicted octanol–water partition coefficient (Wildman–Crippen LogP) is 4.02. The molecule has 0 aliphatic carbocycles. The van der Waals surface area contributed by atoms with Crippen LogP contribution in [-0.2, 0) is 6.54 Å². The first-order valence-electron chi connectivity index (χ1n) is 6.54. The number of hydrogen-bond donors (Lipinski definition) is 0. The highest BCUT2D eigenvalue weighted by Crippen LogP contribution is 2.27. The zero-order valence-electron chi connectivity index (χ0n) is 11.7. The van der Waals surface area contributed by atoms with Gasteiger partial charge in [0, 0.05) is 11.1 Å². The maximum Gasteiger partial charge on any atom is 0.128 e. The SMILES string of the molecule is Cc1ncc(Cn2c(C(C)Cl)nc3ccc(C#N)cc32)s1. The average molecular weight is 317 g/mol. The first-order chi connectivity index (χ1) is 10.1. The normalized spacial score (nSPS) is 12.5. The van der Waals surface area contributed by atoms with Gasteiger partial charge < -0.3 is 4.57 Å². The minimum Gasteiger partial charge on any atom is -0.321 e. The number of rotatable bonds is 3. The molecule has 2 aromatic heterocycles. The molecule has 0 saturated carbocycles. The highest BCUT2D eigenvalue weighted by Gasteiger charge is 2.16. The molecule has 1 atom stereocenters. The lowest BCUT2D eigenvalue weighted by Crippen LogP contribution is -2.04. The van der Waals surface area contributed by atoms with Gasteiger partial charge in [0.05, 0.1) is 39.6 Å². The van der Waals surface area contributed by atoms with Gasteiger partial charge in [0.15, 0.2) is 0 Å². The van der Waals surface area contributed by atoms with Crippen molar-refractivity contribution in [1.29, 1.82) is 5.26 Å². The molecule has 6 heteroatoms. The Labute approximate surface area is 131 Å². The van der Waals surface area contributed by atoms with E-state index in [0.717, 1.165) is 26.7 Å². The molecule has 3 aromatic rings. The summed E-state index contributed by atoms with van der Waals surface area (Å²) in [5, 5.41) is 9.92. The first-order valence-corrected chi connectivity index (χ1v) is 7.79. The number of alkyl halides is 1. The van der Waals surface area contributed by atoms with Crippen LogP contribution < -0.4 is 0 Å². The first kappa shape index (κ1) is 14.1. The van der Waals surface area contributed by atoms with Gasteiger partial charge in [-0.25, -0.2) is 9.97 Å². The molecule has 4 nitrogen and oxygen atoms in total. The van der Waals surface area contributed by atoms with Crippen LogP contribution in [0, 0.1) is 18.3 Å². The van der Waals surface area contributed by atoms with Crippen LogP contribution in [-0.4, -0.2) is 14.5 Å². The highest BCUT2D eigenvalue weighted by atomic mass is 35.5. The molecule has 0 fully saturated rings. The van der Waals surface area contributed by atoms with Gasteiger partial charge in [-0.05, 0) is 32.0 Å². The minimum absolute atomic E-state index is 0.197. The number of aromatic nitrogens is 3. The zero-order chi connectivity index (χ0) is 15.0. The number of thiazole rings is 1. The van der Waals surface area contributed by atoms with E-state index in [1.165, 1.54) is 0 Å². The van der Waals surface area contributed by atoms with Crippen LogP contribution in [0.2, 0.25) is 0 Å². The van der Waals surface area contributed by atoms with Crippen molar-refractivity contribution in [2.24, 2.45) is 0 Å². The number of imidazole rings is 1. The molecule has 21 heavy (non-hydrogen) atoms. The van der Waals surface area contributed by atoms with E-state index >= 15 is 0 Å². The molecule has 1 unspecified atom stereocenters. The van der Waals surface area contributed by atoms with Gasteiger partial charge in [-0.3, -0.25) is 0 Å². The summed E-state index contributed by atoms with van der Waals surface area (Å²) in [7, 11) is 0. The monoisotopic (exact) mass is 316 g/mol. The number of nitrogens with zero attached hydrogens (tertiary/aromatic N) is 4. The molecular weight excluding hydrogens is 304 g/mol. The van der Waals surface area contributed by atoms with E-state index in [-0.39, 0.29) is 5.38 Å². The molecule has 0 radical (unpaired) electrons. The van der Waals surface area contributed by atoms with Gasteiger partial charge in [0.2, 0.25) is 0 Å². The summed E-state index contributed by atoms with van der Waals surface area (Å²) < 4.78 is 2.07. The van der Waals surface area contributed by atoms with E-state index in [4.69, 9.17) is 16.9 Å². The van der Waals surface area contributed by atoms with Crippen LogP contribution in [0.1, 0.15) is 33.6 Å². The summed E-state index contributed by atoms with van der Waals surface area (Å²) in [6.07, 6.45) is 1.88. The molecule has 2 heterocycles. The number of fused-ring (bicyclic) bond motifs is 1. The molecule has 0 N–H and O–H groups in total. The largest absolute Gasteiger partial charge is 0.321 e. The molecule has 0 aliphatic heterocycles. The summed E-state index contributed by atoms with van der Waals surface area (Å²) >= 11 is 7.92. The summed E-state index contributed by atoms with van der Waals surface area (Å²) in [5.41, 5.74) is 2.42. The van der Waals surface area contributed by atoms with E-state index in [1.54, 1.807) is 17.4 Å². The summed E-state index contributed by atoms with van der Waals surface area (Å²) in [6, 6.07) is 7.67. The van der Waals surface area contributed by atoms with E-state index in [9.17, 15) is 0 Å². The number of benzene rings is 1. The van der Waals surface area contributed by atoms with Crippen molar-refractivity contribution in [3.05, 3.63) is 45.7 Å². The fourth-order valence-electron chi connectivity index (χ4n) is 2.32. The fourth-order valence-corrected chi connectivity index (χ4v) is 3.27. The third kappa shape index (κ3) is 2.65. The van der Waals surface area contributed by atoms with Gasteiger partial charge >= 0.3 is 0 Å². The number of aryl methyl sites for hydroxylation is 1. The Morgan fingerprint density at radius 2 is 2.29 bits per heavy atom. The molecule has 0 aliphatic rings. The van der Waals surface area contributed by atoms with Crippen molar-refractivity contribution in [3.63, 3.8) is 0 Å². The number of halogens is 1. The predicted molar refractivity (Wildman–Crippen MR) is 84.7 cm³/mol. The summed E-state index contributed by atoms with van der Waals surface area (Å²) in [6.45, 7) is 4.56. The quantitative estimate of drug-likeness (QED) is 0.686. The molecule has 1 aromatic carbocycles. The Bertz CT molecular complexity index is 841. The van der Waals surface area contributed by atoms with Crippen molar-refractivity contribution in [3.8, 4) is 6.07 Å². The highest BCUT2D eigenvalue weighted by molar-refractivity contribution is 7.11. The molecule has 0 bridgehead atoms. The third-order valence-electron chi connectivity index (χ3n) is 3.25. The van der Waals surface area contributed by atoms with Crippen LogP contribution in [0.4, 0.5) is 0 Å². The van der Waals surface area contributed by atoms with Gasteiger partial charge in [-0.15, -0.1) is 22.9 Å². The lowest BCUT2D eigenvalue weighted by atomic mass is 10.2. The van der Waals surface area contributed by atoms with Crippen LogP contribution >= 0.6 is 22.9 Å². The van der Waals surface area contributed by atoms with E-state index in [1.807, 2.05) is 32.2 Å². The van der Waals surface area contributed by atoms with E-state index < -0.39 is 0 Å². The van der Waals surface area contributed by atoms with Gasteiger partial charge in [-0.2, -0.15) is 5.26 Å². The lowest BCUT2D eigenvalue weighted by Gasteiger charge is -2.09. The van der Waals surface area contributed by atoms with Crippen LogP contribution in [0.3, 0.4) is 0 Å². The Morgan fingerprint density at radius 3 is 2.90 bits per heavy atom. The van der Waals surface area contributed by atoms with Crippen molar-refractivity contribution >= 4 is 34.0 Å². The zero-order valence-corrected chi connectivity index (χ0v) is 13.2. The topological polar surface area (TPSA) is 54.5 Å². The Morgan fingerprint density at radius 1 is 1.48 bits per heavy atom. The summed E-state index contributed by atoms with van der Waals surface area (Å²) in [5.74, 6) is 0.813. The van der Waals surface area contributed by atoms with Crippen molar-refractivity contribution < 1.29 is 0 Å². The van der Waals surface area contributed by atoms with Crippen LogP contribution in [0.15, 0.2) is 24.4 Å². The Hall–Kier alpha value is -1.90. The van der Waals surface area contributed by atoms with Crippen molar-refractivity contribution in [2.45, 2.75) is 25.8 Å².